The van der Waals surface area contributed by atoms with Crippen LogP contribution < -0.4 is 0 Å². The lowest BCUT2D eigenvalue weighted by atomic mass is 9.78. The van der Waals surface area contributed by atoms with Crippen molar-refractivity contribution in [2.24, 2.45) is 11.8 Å². The van der Waals surface area contributed by atoms with E-state index in [-0.39, 0.29) is 12.5 Å². The van der Waals surface area contributed by atoms with Crippen molar-refractivity contribution in [2.75, 3.05) is 19.7 Å². The van der Waals surface area contributed by atoms with Crippen molar-refractivity contribution < 1.29 is 9.90 Å². The van der Waals surface area contributed by atoms with E-state index >= 15 is 0 Å². The number of hydrogen-bond donors (Lipinski definition) is 1. The Bertz CT molecular complexity index is 276. The molecule has 2 aliphatic carbocycles. The average Bonchev–Trinajstić information content (AvgIpc) is 3.17. The maximum absolute atomic E-state index is 12.0. The minimum atomic E-state index is 0.218. The van der Waals surface area contributed by atoms with Crippen LogP contribution >= 0.6 is 0 Å². The van der Waals surface area contributed by atoms with Crippen LogP contribution in [0.4, 0.5) is 0 Å². The summed E-state index contributed by atoms with van der Waals surface area (Å²) < 4.78 is 0. The highest BCUT2D eigenvalue weighted by atomic mass is 16.3. The average molecular weight is 253 g/mol. The van der Waals surface area contributed by atoms with Crippen LogP contribution in [0.5, 0.6) is 0 Å². The second-order valence-corrected chi connectivity index (χ2v) is 6.04. The van der Waals surface area contributed by atoms with Crippen molar-refractivity contribution in [3.05, 3.63) is 0 Å². The van der Waals surface area contributed by atoms with E-state index in [1.807, 2.05) is 0 Å². The fourth-order valence-electron chi connectivity index (χ4n) is 3.32. The van der Waals surface area contributed by atoms with Gasteiger partial charge in [0, 0.05) is 31.5 Å². The lowest BCUT2D eigenvalue weighted by molar-refractivity contribution is -0.126. The summed E-state index contributed by atoms with van der Waals surface area (Å²) in [4.78, 5) is 14.4. The molecule has 3 nitrogen and oxygen atoms in total. The van der Waals surface area contributed by atoms with Crippen LogP contribution in [0.1, 0.15) is 51.9 Å². The van der Waals surface area contributed by atoms with Gasteiger partial charge in [-0.3, -0.25) is 9.69 Å². The molecule has 2 atom stereocenters. The van der Waals surface area contributed by atoms with Gasteiger partial charge in [0.05, 0.1) is 6.61 Å². The van der Waals surface area contributed by atoms with Crippen LogP contribution in [0.3, 0.4) is 0 Å². The molecular weight excluding hydrogens is 226 g/mol. The lowest BCUT2D eigenvalue weighted by Crippen LogP contribution is -2.39. The fraction of sp³-hybridized carbons (Fsp3) is 0.933. The third kappa shape index (κ3) is 3.79. The predicted octanol–water partition coefficient (Wildman–Crippen LogP) is 2.23. The molecule has 0 aromatic carbocycles. The molecule has 0 spiro atoms. The maximum Gasteiger partial charge on any atom is 0.137 e. The van der Waals surface area contributed by atoms with E-state index in [0.717, 1.165) is 38.3 Å². The molecule has 0 amide bonds. The quantitative estimate of drug-likeness (QED) is 0.756. The van der Waals surface area contributed by atoms with Crippen LogP contribution in [0.25, 0.3) is 0 Å². The second kappa shape index (κ2) is 6.67. The van der Waals surface area contributed by atoms with Crippen LogP contribution in [0, 0.1) is 11.8 Å². The van der Waals surface area contributed by atoms with Gasteiger partial charge in [-0.2, -0.15) is 0 Å². The zero-order chi connectivity index (χ0) is 13.0. The van der Waals surface area contributed by atoms with Gasteiger partial charge in [0.25, 0.3) is 0 Å². The summed E-state index contributed by atoms with van der Waals surface area (Å²) in [5, 5.41) is 9.12. The smallest absolute Gasteiger partial charge is 0.137 e. The molecule has 18 heavy (non-hydrogen) atoms. The molecule has 0 bridgehead atoms. The Balaban J connectivity index is 1.86. The molecule has 2 fully saturated rings. The van der Waals surface area contributed by atoms with E-state index in [0.29, 0.717) is 11.8 Å². The first-order valence-corrected chi connectivity index (χ1v) is 7.62. The van der Waals surface area contributed by atoms with E-state index in [1.165, 1.54) is 25.7 Å². The van der Waals surface area contributed by atoms with E-state index in [9.17, 15) is 4.79 Å². The first-order chi connectivity index (χ1) is 8.74. The van der Waals surface area contributed by atoms with E-state index in [1.54, 1.807) is 0 Å². The second-order valence-electron chi connectivity index (χ2n) is 6.04. The standard InChI is InChI=1S/C15H27NO2/c1-2-3-12-4-7-15(18)13(10-12)11-16(8-9-17)14-5-6-14/h12-14,17H,2-11H2,1H3. The zero-order valence-electron chi connectivity index (χ0n) is 11.6. The van der Waals surface area contributed by atoms with Gasteiger partial charge in [-0.05, 0) is 31.6 Å². The molecule has 0 radical (unpaired) electrons. The lowest BCUT2D eigenvalue weighted by Gasteiger charge is -2.32. The predicted molar refractivity (Wildman–Crippen MR) is 72.4 cm³/mol. The molecular formula is C15H27NO2. The monoisotopic (exact) mass is 253 g/mol. The van der Waals surface area contributed by atoms with Gasteiger partial charge in [-0.1, -0.05) is 19.8 Å². The minimum Gasteiger partial charge on any atom is -0.395 e. The first kappa shape index (κ1) is 14.0. The molecule has 2 rings (SSSR count). The maximum atomic E-state index is 12.0. The molecule has 1 N–H and O–H groups in total. The highest BCUT2D eigenvalue weighted by Gasteiger charge is 2.34. The SMILES string of the molecule is CCCC1CCC(=O)C(CN(CCO)C2CC2)C1. The molecule has 0 aliphatic heterocycles. The van der Waals surface area contributed by atoms with Gasteiger partial charge < -0.3 is 5.11 Å². The number of hydrogen-bond acceptors (Lipinski definition) is 3. The van der Waals surface area contributed by atoms with Gasteiger partial charge in [0.15, 0.2) is 0 Å². The fourth-order valence-corrected chi connectivity index (χ4v) is 3.32. The van der Waals surface area contributed by atoms with Crippen molar-refractivity contribution in [1.82, 2.24) is 4.90 Å². The van der Waals surface area contributed by atoms with Crippen LogP contribution in [-0.4, -0.2) is 41.5 Å². The van der Waals surface area contributed by atoms with Crippen molar-refractivity contribution in [2.45, 2.75) is 57.9 Å². The van der Waals surface area contributed by atoms with E-state index in [4.69, 9.17) is 5.11 Å². The van der Waals surface area contributed by atoms with Crippen molar-refractivity contribution in [3.8, 4) is 0 Å². The Morgan fingerprint density at radius 1 is 1.33 bits per heavy atom. The molecule has 3 heteroatoms. The van der Waals surface area contributed by atoms with Crippen LogP contribution in [-0.2, 0) is 4.79 Å². The summed E-state index contributed by atoms with van der Waals surface area (Å²) >= 11 is 0. The van der Waals surface area contributed by atoms with Gasteiger partial charge in [-0.15, -0.1) is 0 Å². The van der Waals surface area contributed by atoms with Crippen LogP contribution in [0.2, 0.25) is 0 Å². The Labute approximate surface area is 111 Å². The third-order valence-corrected chi connectivity index (χ3v) is 4.47. The van der Waals surface area contributed by atoms with Gasteiger partial charge >= 0.3 is 0 Å². The number of Topliss-reactive ketones (excluding diaryl/α,β-unsaturated/α-hetero) is 1. The summed E-state index contributed by atoms with van der Waals surface area (Å²) in [5.74, 6) is 1.46. The Morgan fingerprint density at radius 3 is 2.72 bits per heavy atom. The number of aliphatic hydroxyl groups excluding tert-OH is 1. The van der Waals surface area contributed by atoms with Gasteiger partial charge in [-0.25, -0.2) is 0 Å². The Hall–Kier alpha value is -0.410. The number of carbonyl (C=O) groups excluding carboxylic acids is 1. The normalized spacial score (nSPS) is 28.9. The highest BCUT2D eigenvalue weighted by Crippen LogP contribution is 2.33. The Morgan fingerprint density at radius 2 is 2.11 bits per heavy atom. The van der Waals surface area contributed by atoms with E-state index < -0.39 is 0 Å². The largest absolute Gasteiger partial charge is 0.395 e. The number of aliphatic hydroxyl groups is 1. The summed E-state index contributed by atoms with van der Waals surface area (Å²) in [5.41, 5.74) is 0. The molecule has 104 valence electrons. The van der Waals surface area contributed by atoms with Crippen molar-refractivity contribution in [1.29, 1.82) is 0 Å². The third-order valence-electron chi connectivity index (χ3n) is 4.47. The minimum absolute atomic E-state index is 0.218. The van der Waals surface area contributed by atoms with Gasteiger partial charge in [0.2, 0.25) is 0 Å². The molecule has 2 saturated carbocycles. The molecule has 2 unspecified atom stereocenters. The van der Waals surface area contributed by atoms with E-state index in [2.05, 4.69) is 11.8 Å². The molecule has 0 aromatic heterocycles. The molecule has 0 heterocycles. The highest BCUT2D eigenvalue weighted by molar-refractivity contribution is 5.82. The van der Waals surface area contributed by atoms with Crippen LogP contribution in [0.15, 0.2) is 0 Å². The number of ketones is 1. The molecule has 0 aromatic rings. The summed E-state index contributed by atoms with van der Waals surface area (Å²) in [6, 6.07) is 0.650. The van der Waals surface area contributed by atoms with Crippen molar-refractivity contribution in [3.63, 3.8) is 0 Å². The molecule has 2 aliphatic rings. The topological polar surface area (TPSA) is 40.5 Å². The number of nitrogens with zero attached hydrogens (tertiary/aromatic N) is 1. The summed E-state index contributed by atoms with van der Waals surface area (Å²) in [7, 11) is 0. The summed E-state index contributed by atoms with van der Waals surface area (Å²) in [6.07, 6.45) is 7.97. The summed E-state index contributed by atoms with van der Waals surface area (Å²) in [6.45, 7) is 4.08. The Kier molecular flexibility index (Phi) is 5.19. The number of carbonyl (C=O) groups is 1. The molecule has 0 saturated heterocycles. The van der Waals surface area contributed by atoms with Crippen molar-refractivity contribution >= 4 is 5.78 Å². The van der Waals surface area contributed by atoms with Gasteiger partial charge in [0.1, 0.15) is 5.78 Å². The zero-order valence-corrected chi connectivity index (χ0v) is 11.6. The number of rotatable bonds is 7. The first-order valence-electron chi connectivity index (χ1n) is 7.62.